The molecular formula is C45H53N5O6. The first-order chi connectivity index (χ1) is 27.3. The van der Waals surface area contributed by atoms with Crippen LogP contribution >= 0.6 is 0 Å². The topological polar surface area (TPSA) is 138 Å². The highest BCUT2D eigenvalue weighted by Crippen LogP contribution is 2.39. The van der Waals surface area contributed by atoms with Gasteiger partial charge in [-0.05, 0) is 71.7 Å². The van der Waals surface area contributed by atoms with Crippen LogP contribution in [-0.2, 0) is 32.2 Å². The lowest BCUT2D eigenvalue weighted by Crippen LogP contribution is -2.43. The molecule has 11 heteroatoms. The summed E-state index contributed by atoms with van der Waals surface area (Å²) in [6, 6.07) is 32.5. The monoisotopic (exact) mass is 759 g/mol. The summed E-state index contributed by atoms with van der Waals surface area (Å²) in [6.45, 7) is 5.12. The molecule has 294 valence electrons. The Bertz CT molecular complexity index is 2120. The van der Waals surface area contributed by atoms with E-state index < -0.39 is 6.29 Å². The molecule has 4 N–H and O–H groups in total. The van der Waals surface area contributed by atoms with Crippen molar-refractivity contribution in [2.45, 2.75) is 89.6 Å². The van der Waals surface area contributed by atoms with Crippen molar-refractivity contribution < 1.29 is 24.2 Å². The van der Waals surface area contributed by atoms with E-state index in [2.05, 4.69) is 56.9 Å². The number of imidazole rings is 1. The number of aliphatic hydroxyl groups excluding tert-OH is 1. The minimum atomic E-state index is -0.556. The minimum absolute atomic E-state index is 0.00623. The number of benzene rings is 4. The van der Waals surface area contributed by atoms with Crippen LogP contribution in [0.4, 0.5) is 0 Å². The maximum Gasteiger partial charge on any atom is 0.326 e. The number of ether oxygens (including phenoxy) is 2. The zero-order chi connectivity index (χ0) is 38.9. The van der Waals surface area contributed by atoms with Gasteiger partial charge in [-0.1, -0.05) is 85.3 Å². The number of hydrogen-bond donors (Lipinski definition) is 4. The highest BCUT2D eigenvalue weighted by atomic mass is 16.7. The molecule has 0 unspecified atom stereocenters. The Morgan fingerprint density at radius 3 is 2.36 bits per heavy atom. The molecular weight excluding hydrogens is 707 g/mol. The number of amides is 2. The molecule has 0 radical (unpaired) electrons. The predicted molar refractivity (Wildman–Crippen MR) is 217 cm³/mol. The number of unbranched alkanes of at least 4 members (excludes halogenated alkanes) is 2. The average molecular weight is 760 g/mol. The van der Waals surface area contributed by atoms with Gasteiger partial charge in [0.1, 0.15) is 0 Å². The molecule has 3 heterocycles. The van der Waals surface area contributed by atoms with E-state index >= 15 is 0 Å². The van der Waals surface area contributed by atoms with Crippen LogP contribution in [0, 0.1) is 0 Å². The largest absolute Gasteiger partial charge is 0.392 e. The summed E-state index contributed by atoms with van der Waals surface area (Å²) in [6.07, 6.45) is 4.69. The molecule has 0 spiro atoms. The fourth-order valence-corrected chi connectivity index (χ4v) is 7.95. The van der Waals surface area contributed by atoms with Crippen LogP contribution in [-0.4, -0.2) is 63.7 Å². The molecule has 7 rings (SSSR count). The minimum Gasteiger partial charge on any atom is -0.392 e. The van der Waals surface area contributed by atoms with Gasteiger partial charge < -0.3 is 35.1 Å². The number of H-pyrrole nitrogens is 1. The van der Waals surface area contributed by atoms with Crippen LogP contribution in [0.1, 0.15) is 92.6 Å². The number of nitrogens with one attached hydrogen (secondary N) is 3. The van der Waals surface area contributed by atoms with Gasteiger partial charge in [0.25, 0.3) is 0 Å². The van der Waals surface area contributed by atoms with Crippen LogP contribution < -0.4 is 16.3 Å². The summed E-state index contributed by atoms with van der Waals surface area (Å²) in [7, 11) is 0. The van der Waals surface area contributed by atoms with Gasteiger partial charge >= 0.3 is 5.69 Å². The second-order valence-electron chi connectivity index (χ2n) is 15.1. The van der Waals surface area contributed by atoms with Crippen molar-refractivity contribution in [3.63, 3.8) is 0 Å². The lowest BCUT2D eigenvalue weighted by molar-refractivity contribution is -0.253. The van der Waals surface area contributed by atoms with Gasteiger partial charge in [0.2, 0.25) is 11.8 Å². The normalized spacial score (nSPS) is 19.2. The molecule has 5 aromatic rings. The number of rotatable bonds is 15. The van der Waals surface area contributed by atoms with E-state index in [-0.39, 0.29) is 42.4 Å². The number of hydrogen-bond acceptors (Lipinski definition) is 7. The van der Waals surface area contributed by atoms with Crippen LogP contribution in [0.2, 0.25) is 0 Å². The lowest BCUT2D eigenvalue weighted by atomic mass is 9.98. The molecule has 56 heavy (non-hydrogen) atoms. The second kappa shape index (κ2) is 18.7. The number of fused-ring (bicyclic) bond motifs is 1. The third-order valence-electron chi connectivity index (χ3n) is 11.0. The summed E-state index contributed by atoms with van der Waals surface area (Å²) < 4.78 is 15.3. The van der Waals surface area contributed by atoms with Crippen molar-refractivity contribution in [3.05, 3.63) is 130 Å². The van der Waals surface area contributed by atoms with Crippen LogP contribution in [0.5, 0.6) is 0 Å². The number of nitrogens with zero attached hydrogens (tertiary/aromatic N) is 2. The van der Waals surface area contributed by atoms with Crippen molar-refractivity contribution in [2.75, 3.05) is 26.2 Å². The number of aliphatic hydroxyl groups is 1. The predicted octanol–water partition coefficient (Wildman–Crippen LogP) is 6.68. The zero-order valence-corrected chi connectivity index (χ0v) is 32.1. The van der Waals surface area contributed by atoms with Gasteiger partial charge in [0.15, 0.2) is 6.29 Å². The Morgan fingerprint density at radius 2 is 1.59 bits per heavy atom. The quantitative estimate of drug-likeness (QED) is 0.0874. The molecule has 11 nitrogen and oxygen atoms in total. The number of aromatic amines is 1. The number of carbonyl (C=O) groups is 2. The first-order valence-corrected chi connectivity index (χ1v) is 20.0. The molecule has 0 aliphatic carbocycles. The second-order valence-corrected chi connectivity index (χ2v) is 15.1. The van der Waals surface area contributed by atoms with Crippen molar-refractivity contribution in [1.82, 2.24) is 25.1 Å². The first kappa shape index (κ1) is 39.2. The van der Waals surface area contributed by atoms with Crippen LogP contribution in [0.25, 0.3) is 22.2 Å². The smallest absolute Gasteiger partial charge is 0.326 e. The molecule has 1 aromatic heterocycles. The highest BCUT2D eigenvalue weighted by Gasteiger charge is 2.34. The number of piperidine rings is 1. The summed E-state index contributed by atoms with van der Waals surface area (Å²) in [5, 5.41) is 15.5. The van der Waals surface area contributed by atoms with E-state index in [4.69, 9.17) is 9.47 Å². The molecule has 2 aliphatic rings. The van der Waals surface area contributed by atoms with Gasteiger partial charge in [0, 0.05) is 64.1 Å². The van der Waals surface area contributed by atoms with Gasteiger partial charge in [-0.15, -0.1) is 0 Å². The Morgan fingerprint density at radius 1 is 0.821 bits per heavy atom. The third-order valence-corrected chi connectivity index (χ3v) is 11.0. The van der Waals surface area contributed by atoms with Gasteiger partial charge in [-0.2, -0.15) is 0 Å². The maximum absolute atomic E-state index is 12.9. The molecule has 2 amide bonds. The fraction of sp³-hybridized carbons (Fsp3) is 0.400. The van der Waals surface area contributed by atoms with E-state index in [1.54, 1.807) is 0 Å². The molecule has 2 saturated heterocycles. The van der Waals surface area contributed by atoms with E-state index in [1.165, 1.54) is 6.92 Å². The number of aromatic nitrogens is 2. The Hall–Kier alpha value is -5.07. The molecule has 4 aromatic carbocycles. The molecule has 3 atom stereocenters. The first-order valence-electron chi connectivity index (χ1n) is 20.0. The Kier molecular flexibility index (Phi) is 13.1. The standard InChI is InChI=1S/C45H53N5O6/c1-31(52)46-23-6-2-3-12-43(53)47-28-33-8-7-9-37(26-33)34-17-19-36(20-18-34)44-55-39(27-42(56-44)35-15-13-32(30-51)14-16-35)29-49-24-21-38(22-25-49)50-41-11-5-4-10-40(41)48-45(50)54/h4-5,7-11,13-20,26,38-39,42,44,51H,2-3,6,12,21-25,27-30H2,1H3,(H,46,52)(H,47,53)(H,48,54)/t39-,42+,44+/m0/s1. The number of para-hydroxylation sites is 2. The summed E-state index contributed by atoms with van der Waals surface area (Å²) >= 11 is 0. The van der Waals surface area contributed by atoms with E-state index in [1.807, 2.05) is 65.2 Å². The van der Waals surface area contributed by atoms with Crippen molar-refractivity contribution in [3.8, 4) is 11.1 Å². The zero-order valence-electron chi connectivity index (χ0n) is 32.1. The molecule has 2 aliphatic heterocycles. The van der Waals surface area contributed by atoms with Crippen molar-refractivity contribution in [1.29, 1.82) is 0 Å². The molecule has 0 saturated carbocycles. The van der Waals surface area contributed by atoms with Gasteiger partial charge in [-0.3, -0.25) is 14.2 Å². The molecule has 0 bridgehead atoms. The average Bonchev–Trinajstić information content (AvgIpc) is 3.57. The fourth-order valence-electron chi connectivity index (χ4n) is 7.95. The SMILES string of the molecule is CC(=O)NCCCCCC(=O)NCc1cccc(-c2ccc([C@@H]3O[C@H](CN4CCC(n5c(=O)[nH]c6ccccc65)CC4)C[C@H](c4ccc(CO)cc4)O3)cc2)c1. The highest BCUT2D eigenvalue weighted by molar-refractivity contribution is 5.76. The summed E-state index contributed by atoms with van der Waals surface area (Å²) in [4.78, 5) is 41.8. The maximum atomic E-state index is 12.9. The number of carbonyl (C=O) groups excluding carboxylic acids is 2. The number of likely N-dealkylation sites (tertiary alicyclic amines) is 1. The van der Waals surface area contributed by atoms with Crippen molar-refractivity contribution >= 4 is 22.8 Å². The summed E-state index contributed by atoms with van der Waals surface area (Å²) in [5.41, 5.74) is 7.79. The Balaban J connectivity index is 0.975. The van der Waals surface area contributed by atoms with Gasteiger partial charge in [0.05, 0.1) is 29.8 Å². The van der Waals surface area contributed by atoms with Crippen LogP contribution in [0.3, 0.4) is 0 Å². The van der Waals surface area contributed by atoms with E-state index in [0.717, 1.165) is 96.2 Å². The Labute approximate surface area is 328 Å². The third kappa shape index (κ3) is 10.0. The van der Waals surface area contributed by atoms with Crippen LogP contribution in [0.15, 0.2) is 102 Å². The summed E-state index contributed by atoms with van der Waals surface area (Å²) in [5.74, 6) is -0.000127. The van der Waals surface area contributed by atoms with E-state index in [0.29, 0.717) is 25.9 Å². The van der Waals surface area contributed by atoms with Gasteiger partial charge in [-0.25, -0.2) is 4.79 Å². The van der Waals surface area contributed by atoms with E-state index in [9.17, 15) is 19.5 Å². The lowest BCUT2D eigenvalue weighted by Gasteiger charge is -2.40. The van der Waals surface area contributed by atoms with Crippen molar-refractivity contribution in [2.24, 2.45) is 0 Å². The molecule has 2 fully saturated rings.